The molecule has 1 unspecified atom stereocenters. The van der Waals surface area contributed by atoms with E-state index >= 15 is 0 Å². The Balaban J connectivity index is 3.17. The predicted octanol–water partition coefficient (Wildman–Crippen LogP) is -0.504. The molecule has 0 aromatic heterocycles. The van der Waals surface area contributed by atoms with Crippen molar-refractivity contribution in [3.63, 3.8) is 0 Å². The van der Waals surface area contributed by atoms with E-state index < -0.39 is 7.12 Å². The maximum absolute atomic E-state index is 8.43. The van der Waals surface area contributed by atoms with Crippen LogP contribution >= 0.6 is 0 Å². The van der Waals surface area contributed by atoms with E-state index in [-0.39, 0.29) is 5.82 Å². The van der Waals surface area contributed by atoms with Gasteiger partial charge in [0, 0.05) is 19.5 Å². The van der Waals surface area contributed by atoms with Crippen LogP contribution < -0.4 is 0 Å². The fourth-order valence-corrected chi connectivity index (χ4v) is 0.349. The first-order valence-electron chi connectivity index (χ1n) is 2.53. The van der Waals surface area contributed by atoms with Gasteiger partial charge in [0.1, 0.15) is 0 Å². The van der Waals surface area contributed by atoms with Gasteiger partial charge in [-0.25, -0.2) is 0 Å². The molecular weight excluding hydrogens is 107 g/mol. The van der Waals surface area contributed by atoms with Crippen LogP contribution in [0.25, 0.3) is 0 Å². The van der Waals surface area contributed by atoms with E-state index in [2.05, 4.69) is 4.74 Å². The van der Waals surface area contributed by atoms with Crippen molar-refractivity contribution in [2.75, 3.05) is 13.7 Å². The monoisotopic (exact) mass is 118 g/mol. The Morgan fingerprint density at radius 1 is 1.62 bits per heavy atom. The summed E-state index contributed by atoms with van der Waals surface area (Å²) in [6.45, 7) is 2.09. The van der Waals surface area contributed by atoms with E-state index in [4.69, 9.17) is 10.0 Å². The smallest absolute Gasteiger partial charge is 0.427 e. The minimum absolute atomic E-state index is 0.194. The molecule has 0 aliphatic heterocycles. The lowest BCUT2D eigenvalue weighted by atomic mass is 9.75. The van der Waals surface area contributed by atoms with Crippen LogP contribution in [0.1, 0.15) is 6.92 Å². The SMILES string of the molecule is COCC(C)B(O)O. The van der Waals surface area contributed by atoms with E-state index in [0.717, 1.165) is 0 Å². The minimum Gasteiger partial charge on any atom is -0.427 e. The van der Waals surface area contributed by atoms with Crippen LogP contribution in [-0.4, -0.2) is 30.9 Å². The molecule has 0 saturated heterocycles. The van der Waals surface area contributed by atoms with Crippen LogP contribution in [0.4, 0.5) is 0 Å². The molecule has 0 aromatic carbocycles. The van der Waals surface area contributed by atoms with E-state index in [1.807, 2.05) is 0 Å². The van der Waals surface area contributed by atoms with Crippen molar-refractivity contribution < 1.29 is 14.8 Å². The summed E-state index contributed by atoms with van der Waals surface area (Å²) in [6, 6.07) is 0. The summed E-state index contributed by atoms with van der Waals surface area (Å²) in [5, 5.41) is 16.9. The van der Waals surface area contributed by atoms with Crippen molar-refractivity contribution in [2.45, 2.75) is 12.7 Å². The Labute approximate surface area is 49.4 Å². The van der Waals surface area contributed by atoms with Crippen molar-refractivity contribution in [3.05, 3.63) is 0 Å². The molecule has 3 nitrogen and oxygen atoms in total. The normalized spacial score (nSPS) is 13.5. The van der Waals surface area contributed by atoms with Crippen LogP contribution in [-0.2, 0) is 4.74 Å². The van der Waals surface area contributed by atoms with E-state index in [1.54, 1.807) is 6.92 Å². The van der Waals surface area contributed by atoms with Gasteiger partial charge < -0.3 is 14.8 Å². The molecule has 0 aliphatic rings. The van der Waals surface area contributed by atoms with Crippen LogP contribution in [0.5, 0.6) is 0 Å². The average Bonchev–Trinajstić information content (AvgIpc) is 1.67. The van der Waals surface area contributed by atoms with Crippen LogP contribution in [0.2, 0.25) is 5.82 Å². The number of hydrogen-bond donors (Lipinski definition) is 2. The lowest BCUT2D eigenvalue weighted by Gasteiger charge is -2.05. The molecule has 0 aliphatic carbocycles. The highest BCUT2D eigenvalue weighted by atomic mass is 16.5. The number of methoxy groups -OCH3 is 1. The van der Waals surface area contributed by atoms with Crippen molar-refractivity contribution in [1.82, 2.24) is 0 Å². The Bertz CT molecular complexity index is 57.2. The molecule has 0 amide bonds. The van der Waals surface area contributed by atoms with Gasteiger partial charge in [-0.1, -0.05) is 6.92 Å². The first-order valence-corrected chi connectivity index (χ1v) is 2.53. The summed E-state index contributed by atoms with van der Waals surface area (Å²) >= 11 is 0. The molecule has 0 rings (SSSR count). The second-order valence-corrected chi connectivity index (χ2v) is 1.85. The lowest BCUT2D eigenvalue weighted by molar-refractivity contribution is 0.187. The van der Waals surface area contributed by atoms with Gasteiger partial charge in [-0.3, -0.25) is 0 Å². The fourth-order valence-electron chi connectivity index (χ4n) is 0.349. The molecule has 0 spiro atoms. The first-order chi connectivity index (χ1) is 3.68. The zero-order valence-electron chi connectivity index (χ0n) is 5.16. The molecule has 1 atom stereocenters. The number of hydrogen-bond acceptors (Lipinski definition) is 3. The van der Waals surface area contributed by atoms with Gasteiger partial charge in [0.05, 0.1) is 0 Å². The second-order valence-electron chi connectivity index (χ2n) is 1.85. The summed E-state index contributed by atoms with van der Waals surface area (Å²) < 4.78 is 4.64. The molecule has 0 fully saturated rings. The van der Waals surface area contributed by atoms with Crippen molar-refractivity contribution >= 4 is 7.12 Å². The Hall–Kier alpha value is -0.0551. The van der Waals surface area contributed by atoms with Gasteiger partial charge in [0.25, 0.3) is 0 Å². The molecule has 4 heteroatoms. The molecule has 0 aromatic rings. The standard InChI is InChI=1S/C4H11BO3/c1-4(3-8-2)5(6)7/h4,6-7H,3H2,1-2H3. The Kier molecular flexibility index (Phi) is 3.86. The minimum atomic E-state index is -1.25. The van der Waals surface area contributed by atoms with Gasteiger partial charge in [0.15, 0.2) is 0 Å². The van der Waals surface area contributed by atoms with Crippen LogP contribution in [0.3, 0.4) is 0 Å². The van der Waals surface area contributed by atoms with Crippen molar-refractivity contribution in [3.8, 4) is 0 Å². The quantitative estimate of drug-likeness (QED) is 0.491. The maximum atomic E-state index is 8.43. The molecule has 48 valence electrons. The highest BCUT2D eigenvalue weighted by Crippen LogP contribution is 2.02. The molecule has 8 heavy (non-hydrogen) atoms. The number of rotatable bonds is 3. The summed E-state index contributed by atoms with van der Waals surface area (Å²) in [7, 11) is 0.272. The van der Waals surface area contributed by atoms with E-state index in [0.29, 0.717) is 6.61 Å². The van der Waals surface area contributed by atoms with Gasteiger partial charge >= 0.3 is 7.12 Å². The summed E-state index contributed by atoms with van der Waals surface area (Å²) in [5.74, 6) is -0.194. The Morgan fingerprint density at radius 3 is 2.25 bits per heavy atom. The molecule has 0 radical (unpaired) electrons. The average molecular weight is 118 g/mol. The van der Waals surface area contributed by atoms with Gasteiger partial charge in [0.2, 0.25) is 0 Å². The lowest BCUT2D eigenvalue weighted by Crippen LogP contribution is -2.21. The second kappa shape index (κ2) is 3.89. The summed E-state index contributed by atoms with van der Waals surface area (Å²) in [4.78, 5) is 0. The predicted molar refractivity (Wildman–Crippen MR) is 31.5 cm³/mol. The van der Waals surface area contributed by atoms with Crippen molar-refractivity contribution in [2.24, 2.45) is 0 Å². The third kappa shape index (κ3) is 3.01. The van der Waals surface area contributed by atoms with Gasteiger partial charge in [-0.2, -0.15) is 0 Å². The topological polar surface area (TPSA) is 49.7 Å². The third-order valence-electron chi connectivity index (χ3n) is 0.939. The van der Waals surface area contributed by atoms with Gasteiger partial charge in [-0.05, 0) is 0 Å². The number of ether oxygens (including phenoxy) is 1. The highest BCUT2D eigenvalue weighted by molar-refractivity contribution is 6.43. The molecule has 0 heterocycles. The maximum Gasteiger partial charge on any atom is 0.456 e. The first kappa shape index (κ1) is 7.94. The molecule has 0 saturated carbocycles. The molecule has 2 N–H and O–H groups in total. The fraction of sp³-hybridized carbons (Fsp3) is 1.00. The Morgan fingerprint density at radius 2 is 2.12 bits per heavy atom. The summed E-state index contributed by atoms with van der Waals surface area (Å²) in [5.41, 5.74) is 0. The molecular formula is C4H11BO3. The summed E-state index contributed by atoms with van der Waals surface area (Å²) in [6.07, 6.45) is 0. The van der Waals surface area contributed by atoms with E-state index in [9.17, 15) is 0 Å². The zero-order valence-corrected chi connectivity index (χ0v) is 5.16. The zero-order chi connectivity index (χ0) is 6.57. The van der Waals surface area contributed by atoms with E-state index in [1.165, 1.54) is 7.11 Å². The highest BCUT2D eigenvalue weighted by Gasteiger charge is 2.16. The third-order valence-corrected chi connectivity index (χ3v) is 0.939. The van der Waals surface area contributed by atoms with Crippen LogP contribution in [0, 0.1) is 0 Å². The van der Waals surface area contributed by atoms with Crippen LogP contribution in [0.15, 0.2) is 0 Å². The largest absolute Gasteiger partial charge is 0.456 e. The van der Waals surface area contributed by atoms with Gasteiger partial charge in [-0.15, -0.1) is 0 Å². The molecule has 0 bridgehead atoms. The van der Waals surface area contributed by atoms with Crippen molar-refractivity contribution in [1.29, 1.82) is 0 Å².